The van der Waals surface area contributed by atoms with Crippen molar-refractivity contribution in [3.05, 3.63) is 52.6 Å². The van der Waals surface area contributed by atoms with Gasteiger partial charge in [0.15, 0.2) is 5.69 Å². The molecule has 98 valence electrons. The molecule has 0 atom stereocenters. The Hall–Kier alpha value is -1.59. The number of aromatic nitrogens is 2. The largest absolute Gasteiger partial charge is 0.477 e. The zero-order chi connectivity index (χ0) is 13.8. The second kappa shape index (κ2) is 6.04. The van der Waals surface area contributed by atoms with E-state index in [1.165, 1.54) is 18.0 Å². The van der Waals surface area contributed by atoms with Crippen molar-refractivity contribution in [2.75, 3.05) is 0 Å². The number of aromatic carboxylic acids is 1. The summed E-state index contributed by atoms with van der Waals surface area (Å²) in [6, 6.07) is 7.45. The summed E-state index contributed by atoms with van der Waals surface area (Å²) in [5.41, 5.74) is 0.612. The highest BCUT2D eigenvalue weighted by atomic mass is 35.5. The van der Waals surface area contributed by atoms with Crippen LogP contribution in [0.15, 0.2) is 35.4 Å². The van der Waals surface area contributed by atoms with Crippen molar-refractivity contribution in [1.82, 2.24) is 9.97 Å². The van der Waals surface area contributed by atoms with Crippen molar-refractivity contribution >= 4 is 29.3 Å². The monoisotopic (exact) mass is 294 g/mol. The Labute approximate surface area is 119 Å². The second-order valence-electron chi connectivity index (χ2n) is 3.87. The molecule has 0 radical (unpaired) electrons. The van der Waals surface area contributed by atoms with E-state index in [4.69, 9.17) is 16.7 Å². The summed E-state index contributed by atoms with van der Waals surface area (Å²) in [7, 11) is 0. The highest BCUT2D eigenvalue weighted by Crippen LogP contribution is 2.24. The number of carboxylic acids is 1. The molecule has 0 aliphatic rings. The van der Waals surface area contributed by atoms with Crippen molar-refractivity contribution < 1.29 is 9.90 Å². The molecule has 19 heavy (non-hydrogen) atoms. The number of hydrogen-bond donors (Lipinski definition) is 1. The number of nitrogens with zero attached hydrogens (tertiary/aromatic N) is 2. The third kappa shape index (κ3) is 3.68. The van der Waals surface area contributed by atoms with Crippen LogP contribution in [0, 0.1) is 6.92 Å². The molecule has 2 rings (SSSR count). The van der Waals surface area contributed by atoms with Crippen molar-refractivity contribution in [3.8, 4) is 0 Å². The van der Waals surface area contributed by atoms with Crippen molar-refractivity contribution in [2.24, 2.45) is 0 Å². The van der Waals surface area contributed by atoms with Crippen LogP contribution in [0.25, 0.3) is 0 Å². The lowest BCUT2D eigenvalue weighted by Gasteiger charge is -2.04. The predicted molar refractivity (Wildman–Crippen MR) is 74.7 cm³/mol. The molecule has 6 heteroatoms. The normalized spacial score (nSPS) is 10.4. The zero-order valence-electron chi connectivity index (χ0n) is 10.1. The van der Waals surface area contributed by atoms with E-state index >= 15 is 0 Å². The van der Waals surface area contributed by atoms with Gasteiger partial charge < -0.3 is 5.11 Å². The van der Waals surface area contributed by atoms with E-state index in [0.29, 0.717) is 22.2 Å². The van der Waals surface area contributed by atoms with Gasteiger partial charge >= 0.3 is 5.97 Å². The first-order valence-electron chi connectivity index (χ1n) is 5.50. The van der Waals surface area contributed by atoms with Gasteiger partial charge in [-0.2, -0.15) is 0 Å². The Kier molecular flexibility index (Phi) is 4.39. The van der Waals surface area contributed by atoms with Gasteiger partial charge in [0, 0.05) is 21.7 Å². The molecule has 0 saturated heterocycles. The highest BCUT2D eigenvalue weighted by Gasteiger charge is 2.11. The summed E-state index contributed by atoms with van der Waals surface area (Å²) in [5.74, 6) is -0.0390. The van der Waals surface area contributed by atoms with Crippen molar-refractivity contribution in [3.63, 3.8) is 0 Å². The van der Waals surface area contributed by atoms with Crippen LogP contribution in [0.4, 0.5) is 0 Å². The number of hydrogen-bond acceptors (Lipinski definition) is 4. The summed E-state index contributed by atoms with van der Waals surface area (Å²) in [6.07, 6.45) is 1.53. The molecule has 1 aromatic carbocycles. The lowest BCUT2D eigenvalue weighted by molar-refractivity contribution is 0.0689. The van der Waals surface area contributed by atoms with E-state index in [1.54, 1.807) is 13.0 Å². The summed E-state index contributed by atoms with van der Waals surface area (Å²) >= 11 is 7.40. The van der Waals surface area contributed by atoms with Gasteiger partial charge in [0.25, 0.3) is 0 Å². The van der Waals surface area contributed by atoms with Crippen LogP contribution in [0.2, 0.25) is 5.02 Å². The van der Waals surface area contributed by atoms with E-state index in [9.17, 15) is 4.79 Å². The van der Waals surface area contributed by atoms with Crippen LogP contribution >= 0.6 is 23.4 Å². The van der Waals surface area contributed by atoms with Gasteiger partial charge in [-0.3, -0.25) is 0 Å². The molecule has 0 bridgehead atoms. The van der Waals surface area contributed by atoms with E-state index < -0.39 is 5.97 Å². The molecule has 2 aromatic rings. The Morgan fingerprint density at radius 2 is 2.26 bits per heavy atom. The number of rotatable bonds is 4. The van der Waals surface area contributed by atoms with Gasteiger partial charge in [-0.1, -0.05) is 17.7 Å². The van der Waals surface area contributed by atoms with Crippen molar-refractivity contribution in [1.29, 1.82) is 0 Å². The summed E-state index contributed by atoms with van der Waals surface area (Å²) in [4.78, 5) is 20.1. The maximum atomic E-state index is 11.0. The molecule has 1 heterocycles. The molecular weight excluding hydrogens is 284 g/mol. The van der Waals surface area contributed by atoms with Gasteiger partial charge in [0.05, 0.1) is 5.75 Å². The van der Waals surface area contributed by atoms with Crippen LogP contribution < -0.4 is 0 Å². The van der Waals surface area contributed by atoms with Crippen LogP contribution in [0.1, 0.15) is 21.9 Å². The fourth-order valence-electron chi connectivity index (χ4n) is 1.47. The van der Waals surface area contributed by atoms with Crippen LogP contribution in [0.3, 0.4) is 0 Å². The lowest BCUT2D eigenvalue weighted by atomic mass is 10.2. The zero-order valence-corrected chi connectivity index (χ0v) is 11.7. The maximum absolute atomic E-state index is 11.0. The average molecular weight is 295 g/mol. The maximum Gasteiger partial charge on any atom is 0.354 e. The van der Waals surface area contributed by atoms with E-state index in [0.717, 1.165) is 4.90 Å². The molecule has 0 aliphatic carbocycles. The predicted octanol–water partition coefficient (Wildman–Crippen LogP) is 3.43. The fourth-order valence-corrected chi connectivity index (χ4v) is 2.54. The molecule has 0 amide bonds. The highest BCUT2D eigenvalue weighted by molar-refractivity contribution is 7.98. The van der Waals surface area contributed by atoms with E-state index in [2.05, 4.69) is 9.97 Å². The number of carbonyl (C=O) groups is 1. The van der Waals surface area contributed by atoms with Gasteiger partial charge in [-0.15, -0.1) is 11.8 Å². The van der Waals surface area contributed by atoms with Gasteiger partial charge in [-0.05, 0) is 25.1 Å². The molecule has 1 N–H and O–H groups in total. The second-order valence-corrected chi connectivity index (χ2v) is 5.35. The van der Waals surface area contributed by atoms with Gasteiger partial charge in [0.1, 0.15) is 5.82 Å². The number of carboxylic acid groups (broad SMARTS) is 1. The van der Waals surface area contributed by atoms with Crippen LogP contribution in [-0.2, 0) is 5.75 Å². The number of thioether (sulfide) groups is 1. The minimum atomic E-state index is -1.03. The smallest absolute Gasteiger partial charge is 0.354 e. The summed E-state index contributed by atoms with van der Waals surface area (Å²) < 4.78 is 0. The first-order valence-corrected chi connectivity index (χ1v) is 6.87. The lowest BCUT2D eigenvalue weighted by Crippen LogP contribution is -2.07. The molecule has 0 fully saturated rings. The Bertz CT molecular complexity index is 619. The minimum Gasteiger partial charge on any atom is -0.477 e. The standard InChI is InChI=1S/C13H11ClN2O2S/c1-8-6-15-11(16-12(8)13(17)18)7-19-10-4-2-3-9(14)5-10/h2-6H,7H2,1H3,(H,17,18). The number of aryl methyl sites for hydroxylation is 1. The molecule has 4 nitrogen and oxygen atoms in total. The quantitative estimate of drug-likeness (QED) is 0.875. The fraction of sp³-hybridized carbons (Fsp3) is 0.154. The van der Waals surface area contributed by atoms with Crippen molar-refractivity contribution in [2.45, 2.75) is 17.6 Å². The first kappa shape index (κ1) is 13.8. The molecule has 0 aliphatic heterocycles. The van der Waals surface area contributed by atoms with E-state index in [-0.39, 0.29) is 5.69 Å². The number of halogens is 1. The first-order chi connectivity index (χ1) is 9.06. The summed E-state index contributed by atoms with van der Waals surface area (Å²) in [6.45, 7) is 1.68. The molecule has 0 spiro atoms. The van der Waals surface area contributed by atoms with E-state index in [1.807, 2.05) is 18.2 Å². The average Bonchev–Trinajstić information content (AvgIpc) is 2.37. The third-order valence-corrected chi connectivity index (χ3v) is 3.61. The Balaban J connectivity index is 2.12. The van der Waals surface area contributed by atoms with Crippen LogP contribution in [0.5, 0.6) is 0 Å². The van der Waals surface area contributed by atoms with Gasteiger partial charge in [0.2, 0.25) is 0 Å². The Morgan fingerprint density at radius 1 is 1.47 bits per heavy atom. The third-order valence-electron chi connectivity index (χ3n) is 2.39. The minimum absolute atomic E-state index is 0.0525. The van der Waals surface area contributed by atoms with Gasteiger partial charge in [-0.25, -0.2) is 14.8 Å². The van der Waals surface area contributed by atoms with Crippen LogP contribution in [-0.4, -0.2) is 21.0 Å². The topological polar surface area (TPSA) is 63.1 Å². The molecular formula is C13H11ClN2O2S. The molecule has 0 unspecified atom stereocenters. The Morgan fingerprint density at radius 3 is 2.95 bits per heavy atom. The number of benzene rings is 1. The summed E-state index contributed by atoms with van der Waals surface area (Å²) in [5, 5.41) is 9.66. The SMILES string of the molecule is Cc1cnc(CSc2cccc(Cl)c2)nc1C(=O)O. The molecule has 1 aromatic heterocycles. The molecule has 0 saturated carbocycles.